The van der Waals surface area contributed by atoms with Crippen LogP contribution in [0.4, 0.5) is 4.39 Å². The summed E-state index contributed by atoms with van der Waals surface area (Å²) in [5.41, 5.74) is 0.277. The number of carbonyl (C=O) groups excluding carboxylic acids is 1. The second kappa shape index (κ2) is 4.54. The molecule has 22 heavy (non-hydrogen) atoms. The van der Waals surface area contributed by atoms with Crippen LogP contribution in [0, 0.1) is 17.2 Å². The molecule has 1 aliphatic heterocycles. The molecular weight excluding hydrogens is 281 g/mol. The van der Waals surface area contributed by atoms with E-state index in [0.717, 1.165) is 31.4 Å². The van der Waals surface area contributed by atoms with Gasteiger partial charge < -0.3 is 10.1 Å². The number of halogens is 1. The van der Waals surface area contributed by atoms with Crippen LogP contribution in [0.15, 0.2) is 24.3 Å². The highest BCUT2D eigenvalue weighted by Crippen LogP contribution is 2.54. The van der Waals surface area contributed by atoms with Gasteiger partial charge in [-0.2, -0.15) is 0 Å². The van der Waals surface area contributed by atoms with Crippen LogP contribution in [0.25, 0.3) is 0 Å². The summed E-state index contributed by atoms with van der Waals surface area (Å²) in [6.07, 6.45) is 2.90. The van der Waals surface area contributed by atoms with Crippen molar-refractivity contribution in [2.75, 3.05) is 6.61 Å². The smallest absolute Gasteiger partial charge is 0.230 e. The topological polar surface area (TPSA) is 38.3 Å². The fourth-order valence-corrected chi connectivity index (χ4v) is 4.45. The molecule has 1 amide bonds. The molecule has 3 atom stereocenters. The Morgan fingerprint density at radius 1 is 1.36 bits per heavy atom. The Bertz CT molecular complexity index is 623. The zero-order valence-corrected chi connectivity index (χ0v) is 13.1. The molecule has 118 valence electrons. The van der Waals surface area contributed by atoms with Crippen molar-refractivity contribution in [2.45, 2.75) is 50.7 Å². The number of fused-ring (bicyclic) bond motifs is 1. The van der Waals surface area contributed by atoms with Crippen LogP contribution in [0.2, 0.25) is 0 Å². The third-order valence-electron chi connectivity index (χ3n) is 5.95. The lowest BCUT2D eigenvalue weighted by molar-refractivity contribution is -0.139. The summed E-state index contributed by atoms with van der Waals surface area (Å²) in [6, 6.07) is 6.64. The normalized spacial score (nSPS) is 33.7. The summed E-state index contributed by atoms with van der Waals surface area (Å²) in [4.78, 5) is 12.8. The van der Waals surface area contributed by atoms with E-state index in [1.165, 1.54) is 12.1 Å². The summed E-state index contributed by atoms with van der Waals surface area (Å²) in [5.74, 6) is 0.216. The highest BCUT2D eigenvalue weighted by Gasteiger charge is 2.61. The summed E-state index contributed by atoms with van der Waals surface area (Å²) < 4.78 is 19.3. The Balaban J connectivity index is 1.53. The van der Waals surface area contributed by atoms with Gasteiger partial charge in [0.15, 0.2) is 0 Å². The highest BCUT2D eigenvalue weighted by atomic mass is 19.1. The summed E-state index contributed by atoms with van der Waals surface area (Å²) in [6.45, 7) is 5.11. The first-order valence-corrected chi connectivity index (χ1v) is 8.14. The molecule has 2 aliphatic carbocycles. The van der Waals surface area contributed by atoms with Crippen molar-refractivity contribution in [2.24, 2.45) is 11.3 Å². The fourth-order valence-electron chi connectivity index (χ4n) is 4.45. The van der Waals surface area contributed by atoms with E-state index >= 15 is 0 Å². The van der Waals surface area contributed by atoms with Crippen molar-refractivity contribution in [1.29, 1.82) is 0 Å². The van der Waals surface area contributed by atoms with Crippen LogP contribution in [0.1, 0.15) is 38.7 Å². The van der Waals surface area contributed by atoms with E-state index in [1.807, 2.05) is 6.07 Å². The summed E-state index contributed by atoms with van der Waals surface area (Å²) in [5, 5.41) is 3.26. The Morgan fingerprint density at radius 3 is 2.82 bits per heavy atom. The number of nitrogens with one attached hydrogen (secondary N) is 1. The maximum atomic E-state index is 13.5. The third-order valence-corrected chi connectivity index (χ3v) is 5.95. The molecule has 3 aliphatic rings. The van der Waals surface area contributed by atoms with Crippen molar-refractivity contribution in [3.63, 3.8) is 0 Å². The molecule has 4 rings (SSSR count). The number of rotatable bonds is 3. The minimum Gasteiger partial charge on any atom is -0.377 e. The quantitative estimate of drug-likeness (QED) is 0.932. The lowest BCUT2D eigenvalue weighted by Gasteiger charge is -2.54. The highest BCUT2D eigenvalue weighted by molar-refractivity contribution is 5.91. The van der Waals surface area contributed by atoms with Crippen molar-refractivity contribution < 1.29 is 13.9 Å². The summed E-state index contributed by atoms with van der Waals surface area (Å²) >= 11 is 0. The van der Waals surface area contributed by atoms with Crippen LogP contribution in [-0.4, -0.2) is 24.7 Å². The molecule has 0 radical (unpaired) electrons. The van der Waals surface area contributed by atoms with Gasteiger partial charge in [0, 0.05) is 24.0 Å². The molecular formula is C18H22FNO2. The van der Waals surface area contributed by atoms with Gasteiger partial charge in [-0.3, -0.25) is 4.79 Å². The number of benzene rings is 1. The molecule has 1 heterocycles. The van der Waals surface area contributed by atoms with E-state index in [0.29, 0.717) is 5.92 Å². The molecule has 0 spiro atoms. The SMILES string of the molecule is CC1(C)[C@@H](NC(=O)C2(c3cccc(F)c3)CC2)[C@@H]2CCO[C@@H]21. The van der Waals surface area contributed by atoms with Crippen LogP contribution in [0.5, 0.6) is 0 Å². The first-order valence-electron chi connectivity index (χ1n) is 8.14. The average molecular weight is 303 g/mol. The number of hydrogen-bond donors (Lipinski definition) is 1. The molecule has 3 nitrogen and oxygen atoms in total. The summed E-state index contributed by atoms with van der Waals surface area (Å²) in [7, 11) is 0. The van der Waals surface area contributed by atoms with Crippen molar-refractivity contribution in [3.8, 4) is 0 Å². The Kier molecular flexibility index (Phi) is 2.93. The molecule has 0 unspecified atom stereocenters. The maximum Gasteiger partial charge on any atom is 0.230 e. The monoisotopic (exact) mass is 303 g/mol. The predicted molar refractivity (Wildman–Crippen MR) is 80.9 cm³/mol. The molecule has 3 fully saturated rings. The Morgan fingerprint density at radius 2 is 2.14 bits per heavy atom. The Hall–Kier alpha value is -1.42. The minimum absolute atomic E-state index is 0.0190. The molecule has 1 aromatic carbocycles. The van der Waals surface area contributed by atoms with Gasteiger partial charge in [0.2, 0.25) is 5.91 Å². The number of hydrogen-bond acceptors (Lipinski definition) is 2. The van der Waals surface area contributed by atoms with E-state index in [1.54, 1.807) is 6.07 Å². The molecule has 2 saturated carbocycles. The molecule has 1 saturated heterocycles. The Labute approximate surface area is 130 Å². The van der Waals surface area contributed by atoms with Crippen LogP contribution in [-0.2, 0) is 14.9 Å². The number of ether oxygens (including phenoxy) is 1. The van der Waals surface area contributed by atoms with E-state index in [4.69, 9.17) is 4.74 Å². The molecule has 1 N–H and O–H groups in total. The van der Waals surface area contributed by atoms with E-state index in [2.05, 4.69) is 19.2 Å². The van der Waals surface area contributed by atoms with E-state index in [-0.39, 0.29) is 29.3 Å². The van der Waals surface area contributed by atoms with E-state index in [9.17, 15) is 9.18 Å². The maximum absolute atomic E-state index is 13.5. The van der Waals surface area contributed by atoms with Gasteiger partial charge >= 0.3 is 0 Å². The first kappa shape index (κ1) is 14.2. The average Bonchev–Trinajstić information content (AvgIpc) is 3.17. The third kappa shape index (κ3) is 1.86. The zero-order valence-electron chi connectivity index (χ0n) is 13.1. The molecule has 0 bridgehead atoms. The predicted octanol–water partition coefficient (Wildman–Crippen LogP) is 2.79. The van der Waals surface area contributed by atoms with Crippen molar-refractivity contribution in [1.82, 2.24) is 5.32 Å². The van der Waals surface area contributed by atoms with Crippen LogP contribution >= 0.6 is 0 Å². The van der Waals surface area contributed by atoms with Crippen LogP contribution < -0.4 is 5.32 Å². The van der Waals surface area contributed by atoms with Gasteiger partial charge in [-0.1, -0.05) is 26.0 Å². The number of amides is 1. The molecule has 4 heteroatoms. The second-order valence-electron chi connectivity index (χ2n) is 7.61. The first-order chi connectivity index (χ1) is 10.4. The van der Waals surface area contributed by atoms with Gasteiger partial charge in [0.05, 0.1) is 11.5 Å². The van der Waals surface area contributed by atoms with Crippen molar-refractivity contribution in [3.05, 3.63) is 35.6 Å². The minimum atomic E-state index is -0.511. The van der Waals surface area contributed by atoms with Gasteiger partial charge in [-0.05, 0) is 37.0 Å². The fraction of sp³-hybridized carbons (Fsp3) is 0.611. The van der Waals surface area contributed by atoms with Crippen LogP contribution in [0.3, 0.4) is 0 Å². The molecule has 1 aromatic rings. The lowest BCUT2D eigenvalue weighted by Crippen LogP contribution is -2.67. The second-order valence-corrected chi connectivity index (χ2v) is 7.61. The standard InChI is InChI=1S/C18H22FNO2/c1-17(2)14(13-6-9-22-15(13)17)20-16(21)18(7-8-18)11-4-3-5-12(19)10-11/h3-5,10,13-15H,6-9H2,1-2H3,(H,20,21)/t13-,14-,15-/m0/s1. The van der Waals surface area contributed by atoms with Gasteiger partial charge in [-0.25, -0.2) is 4.39 Å². The van der Waals surface area contributed by atoms with Crippen molar-refractivity contribution >= 4 is 5.91 Å². The lowest BCUT2D eigenvalue weighted by atomic mass is 9.57. The number of carbonyl (C=O) groups is 1. The van der Waals surface area contributed by atoms with Gasteiger partial charge in [0.1, 0.15) is 5.82 Å². The zero-order chi connectivity index (χ0) is 15.5. The van der Waals surface area contributed by atoms with E-state index < -0.39 is 5.41 Å². The molecule has 0 aromatic heterocycles. The largest absolute Gasteiger partial charge is 0.377 e. The van der Waals surface area contributed by atoms with Gasteiger partial charge in [-0.15, -0.1) is 0 Å². The van der Waals surface area contributed by atoms with Gasteiger partial charge in [0.25, 0.3) is 0 Å².